The highest BCUT2D eigenvalue weighted by Crippen LogP contribution is 2.44. The van der Waals surface area contributed by atoms with Gasteiger partial charge in [-0.1, -0.05) is 58.0 Å². The van der Waals surface area contributed by atoms with Crippen LogP contribution in [0.25, 0.3) is 11.1 Å². The molecule has 0 aromatic heterocycles. The average Bonchev–Trinajstić information content (AvgIpc) is 2.62. The van der Waals surface area contributed by atoms with Gasteiger partial charge < -0.3 is 15.2 Å². The summed E-state index contributed by atoms with van der Waals surface area (Å²) < 4.78 is 5.86. The van der Waals surface area contributed by atoms with Gasteiger partial charge in [-0.25, -0.2) is 4.79 Å². The summed E-state index contributed by atoms with van der Waals surface area (Å²) in [6.45, 7) is 9.22. The molecule has 3 rings (SSSR count). The molecule has 144 valence electrons. The van der Waals surface area contributed by atoms with E-state index in [0.29, 0.717) is 12.5 Å². The molecule has 0 unspecified atom stereocenters. The van der Waals surface area contributed by atoms with Crippen molar-refractivity contribution in [2.75, 3.05) is 6.61 Å². The summed E-state index contributed by atoms with van der Waals surface area (Å²) in [6.07, 6.45) is 0.934. The molecule has 27 heavy (non-hydrogen) atoms. The van der Waals surface area contributed by atoms with Gasteiger partial charge in [0.1, 0.15) is 5.75 Å². The second kappa shape index (κ2) is 7.63. The molecule has 0 saturated heterocycles. The molecule has 2 aromatic rings. The number of carbonyl (C=O) groups is 1. The summed E-state index contributed by atoms with van der Waals surface area (Å²) in [5.41, 5.74) is 4.46. The monoisotopic (exact) mass is 367 g/mol. The van der Waals surface area contributed by atoms with Gasteiger partial charge in [-0.3, -0.25) is 0 Å². The number of nitrogens with one attached hydrogen (secondary N) is 1. The Morgan fingerprint density at radius 2 is 1.96 bits per heavy atom. The van der Waals surface area contributed by atoms with Crippen LogP contribution < -0.4 is 10.1 Å². The molecule has 1 aliphatic rings. The Bertz CT molecular complexity index is 826. The van der Waals surface area contributed by atoms with Crippen molar-refractivity contribution in [3.8, 4) is 16.9 Å². The second-order valence-electron chi connectivity index (χ2n) is 8.52. The molecular formula is C23H29NO3. The highest BCUT2D eigenvalue weighted by Gasteiger charge is 2.37. The van der Waals surface area contributed by atoms with E-state index in [-0.39, 0.29) is 11.5 Å². The maximum Gasteiger partial charge on any atom is 0.405 e. The van der Waals surface area contributed by atoms with Crippen molar-refractivity contribution in [3.05, 3.63) is 53.6 Å². The minimum atomic E-state index is -0.972. The van der Waals surface area contributed by atoms with E-state index in [0.717, 1.165) is 35.3 Å². The van der Waals surface area contributed by atoms with Gasteiger partial charge in [0, 0.05) is 0 Å². The van der Waals surface area contributed by atoms with Crippen molar-refractivity contribution in [2.24, 2.45) is 11.3 Å². The van der Waals surface area contributed by atoms with Gasteiger partial charge in [0.05, 0.1) is 12.6 Å². The van der Waals surface area contributed by atoms with Crippen LogP contribution in [0.15, 0.2) is 42.5 Å². The van der Waals surface area contributed by atoms with Crippen LogP contribution in [0.3, 0.4) is 0 Å². The molecule has 0 bridgehead atoms. The lowest BCUT2D eigenvalue weighted by Crippen LogP contribution is -2.40. The Morgan fingerprint density at radius 3 is 2.67 bits per heavy atom. The van der Waals surface area contributed by atoms with Crippen molar-refractivity contribution in [2.45, 2.75) is 46.6 Å². The first-order chi connectivity index (χ1) is 12.8. The first kappa shape index (κ1) is 19.3. The minimum Gasteiger partial charge on any atom is -0.493 e. The summed E-state index contributed by atoms with van der Waals surface area (Å²) in [7, 11) is 0. The largest absolute Gasteiger partial charge is 0.493 e. The molecule has 1 amide bonds. The van der Waals surface area contributed by atoms with E-state index in [4.69, 9.17) is 4.74 Å². The summed E-state index contributed by atoms with van der Waals surface area (Å²) in [4.78, 5) is 11.3. The minimum absolute atomic E-state index is 0.0997. The lowest BCUT2D eigenvalue weighted by atomic mass is 9.70. The molecule has 1 atom stereocenters. The second-order valence-corrected chi connectivity index (χ2v) is 8.52. The number of aryl methyl sites for hydroxylation is 1. The first-order valence-corrected chi connectivity index (χ1v) is 9.62. The first-order valence-electron chi connectivity index (χ1n) is 9.62. The maximum atomic E-state index is 11.3. The molecule has 0 aliphatic heterocycles. The SMILES string of the molecule is CC(C)COc1cccc(-c2ccc3c(c2)CCC(C)(C)[C@H]3NC(=O)O)c1. The molecule has 0 saturated carbocycles. The number of fused-ring (bicyclic) bond motifs is 1. The lowest BCUT2D eigenvalue weighted by molar-refractivity contribution is 0.161. The van der Waals surface area contributed by atoms with E-state index in [1.165, 1.54) is 5.56 Å². The third-order valence-corrected chi connectivity index (χ3v) is 5.29. The summed E-state index contributed by atoms with van der Waals surface area (Å²) in [5.74, 6) is 1.37. The standard InChI is InChI=1S/C23H29NO3/c1-15(2)14-27-19-7-5-6-16(13-19)17-8-9-20-18(12-17)10-11-23(3,4)21(20)24-22(25)26/h5-9,12-13,15,21,24H,10-11,14H2,1-4H3,(H,25,26)/t21-/m0/s1. The van der Waals surface area contributed by atoms with Crippen LogP contribution in [-0.4, -0.2) is 17.8 Å². The van der Waals surface area contributed by atoms with Crippen LogP contribution in [0.1, 0.15) is 51.3 Å². The van der Waals surface area contributed by atoms with Crippen molar-refractivity contribution >= 4 is 6.09 Å². The number of rotatable bonds is 5. The molecular weight excluding hydrogens is 338 g/mol. The Labute approximate surface area is 161 Å². The van der Waals surface area contributed by atoms with Gasteiger partial charge in [-0.2, -0.15) is 0 Å². The van der Waals surface area contributed by atoms with E-state index in [9.17, 15) is 9.90 Å². The van der Waals surface area contributed by atoms with E-state index >= 15 is 0 Å². The van der Waals surface area contributed by atoms with Crippen LogP contribution in [-0.2, 0) is 6.42 Å². The molecule has 0 fully saturated rings. The third kappa shape index (κ3) is 4.44. The molecule has 0 heterocycles. The van der Waals surface area contributed by atoms with Crippen LogP contribution in [0, 0.1) is 11.3 Å². The van der Waals surface area contributed by atoms with E-state index in [2.05, 4.69) is 63.3 Å². The van der Waals surface area contributed by atoms with Gasteiger partial charge in [-0.15, -0.1) is 0 Å². The topological polar surface area (TPSA) is 58.6 Å². The number of amides is 1. The summed E-state index contributed by atoms with van der Waals surface area (Å²) >= 11 is 0. The molecule has 2 aromatic carbocycles. The molecule has 0 radical (unpaired) electrons. The molecule has 0 spiro atoms. The predicted octanol–water partition coefficient (Wildman–Crippen LogP) is 5.67. The molecule has 4 heteroatoms. The summed E-state index contributed by atoms with van der Waals surface area (Å²) in [6, 6.07) is 14.3. The summed E-state index contributed by atoms with van der Waals surface area (Å²) in [5, 5.41) is 12.0. The number of carboxylic acid groups (broad SMARTS) is 1. The normalized spacial score (nSPS) is 18.0. The Kier molecular flexibility index (Phi) is 5.45. The van der Waals surface area contributed by atoms with E-state index < -0.39 is 6.09 Å². The maximum absolute atomic E-state index is 11.3. The lowest BCUT2D eigenvalue weighted by Gasteiger charge is -2.40. The highest BCUT2D eigenvalue weighted by atomic mass is 16.5. The van der Waals surface area contributed by atoms with Crippen LogP contribution in [0.5, 0.6) is 5.75 Å². The average molecular weight is 367 g/mol. The zero-order valence-electron chi connectivity index (χ0n) is 16.6. The van der Waals surface area contributed by atoms with Crippen LogP contribution >= 0.6 is 0 Å². The van der Waals surface area contributed by atoms with Crippen molar-refractivity contribution in [3.63, 3.8) is 0 Å². The van der Waals surface area contributed by atoms with Gasteiger partial charge >= 0.3 is 6.09 Å². The Morgan fingerprint density at radius 1 is 1.22 bits per heavy atom. The van der Waals surface area contributed by atoms with Crippen molar-refractivity contribution in [1.29, 1.82) is 0 Å². The van der Waals surface area contributed by atoms with Gasteiger partial charge in [-0.05, 0) is 58.6 Å². The van der Waals surface area contributed by atoms with Gasteiger partial charge in [0.2, 0.25) is 0 Å². The number of hydrogen-bond donors (Lipinski definition) is 2. The number of hydrogen-bond acceptors (Lipinski definition) is 2. The van der Waals surface area contributed by atoms with Gasteiger partial charge in [0.15, 0.2) is 0 Å². The molecule has 4 nitrogen and oxygen atoms in total. The predicted molar refractivity (Wildman–Crippen MR) is 108 cm³/mol. The van der Waals surface area contributed by atoms with Crippen LogP contribution in [0.2, 0.25) is 0 Å². The Balaban J connectivity index is 1.90. The number of benzene rings is 2. The smallest absolute Gasteiger partial charge is 0.405 e. The number of ether oxygens (including phenoxy) is 1. The fourth-order valence-electron chi connectivity index (χ4n) is 3.73. The third-order valence-electron chi connectivity index (χ3n) is 5.29. The Hall–Kier alpha value is -2.49. The molecule has 2 N–H and O–H groups in total. The van der Waals surface area contributed by atoms with E-state index in [1.807, 2.05) is 12.1 Å². The van der Waals surface area contributed by atoms with E-state index in [1.54, 1.807) is 0 Å². The molecule has 1 aliphatic carbocycles. The van der Waals surface area contributed by atoms with Crippen molar-refractivity contribution < 1.29 is 14.6 Å². The zero-order chi connectivity index (χ0) is 19.6. The van der Waals surface area contributed by atoms with Crippen molar-refractivity contribution in [1.82, 2.24) is 5.32 Å². The zero-order valence-corrected chi connectivity index (χ0v) is 16.6. The fourth-order valence-corrected chi connectivity index (χ4v) is 3.73. The quantitative estimate of drug-likeness (QED) is 0.716. The van der Waals surface area contributed by atoms with Gasteiger partial charge in [0.25, 0.3) is 0 Å². The highest BCUT2D eigenvalue weighted by molar-refractivity contribution is 5.68. The fraction of sp³-hybridized carbons (Fsp3) is 0.435. The van der Waals surface area contributed by atoms with Crippen LogP contribution in [0.4, 0.5) is 4.79 Å².